The zero-order valence-electron chi connectivity index (χ0n) is 10.9. The van der Waals surface area contributed by atoms with Gasteiger partial charge >= 0.3 is 0 Å². The smallest absolute Gasteiger partial charge is 0.146 e. The minimum absolute atomic E-state index is 0.0373. The maximum absolute atomic E-state index is 14.1. The summed E-state index contributed by atoms with van der Waals surface area (Å²) in [5, 5.41) is 0.151. The highest BCUT2D eigenvalue weighted by atomic mass is 35.5. The van der Waals surface area contributed by atoms with Gasteiger partial charge in [0.25, 0.3) is 0 Å². The van der Waals surface area contributed by atoms with E-state index in [-0.39, 0.29) is 28.4 Å². The fraction of sp³-hybridized carbons (Fsp3) is 0.600. The van der Waals surface area contributed by atoms with E-state index in [1.165, 1.54) is 6.42 Å². The van der Waals surface area contributed by atoms with E-state index in [4.69, 9.17) is 22.1 Å². The molecule has 104 valence electrons. The molecule has 1 heterocycles. The molecule has 1 aliphatic carbocycles. The summed E-state index contributed by atoms with van der Waals surface area (Å²) in [6.07, 6.45) is 5.31. The van der Waals surface area contributed by atoms with Crippen LogP contribution >= 0.6 is 11.6 Å². The Kier molecular flexibility index (Phi) is 3.54. The van der Waals surface area contributed by atoms with Gasteiger partial charge in [0.05, 0.1) is 10.6 Å². The average Bonchev–Trinajstić information content (AvgIpc) is 2.39. The van der Waals surface area contributed by atoms with Crippen LogP contribution in [0, 0.1) is 11.7 Å². The van der Waals surface area contributed by atoms with E-state index in [1.807, 2.05) is 0 Å². The first-order chi connectivity index (χ1) is 9.11. The lowest BCUT2D eigenvalue weighted by atomic mass is 9.70. The van der Waals surface area contributed by atoms with Crippen LogP contribution in [-0.4, -0.2) is 12.2 Å². The number of hydrogen-bond donors (Lipinski definition) is 1. The maximum Gasteiger partial charge on any atom is 0.146 e. The molecule has 1 saturated heterocycles. The molecule has 1 saturated carbocycles. The predicted octanol–water partition coefficient (Wildman–Crippen LogP) is 3.83. The number of halogens is 2. The molecule has 2 fully saturated rings. The summed E-state index contributed by atoms with van der Waals surface area (Å²) < 4.78 is 19.9. The van der Waals surface area contributed by atoms with Crippen LogP contribution in [0.15, 0.2) is 18.2 Å². The van der Waals surface area contributed by atoms with Crippen molar-refractivity contribution in [3.05, 3.63) is 34.6 Å². The van der Waals surface area contributed by atoms with Gasteiger partial charge in [-0.05, 0) is 44.1 Å². The van der Waals surface area contributed by atoms with Gasteiger partial charge in [0.15, 0.2) is 0 Å². The van der Waals surface area contributed by atoms with Crippen LogP contribution < -0.4 is 5.73 Å². The van der Waals surface area contributed by atoms with Crippen LogP contribution in [0.2, 0.25) is 5.02 Å². The standard InChI is InChI=1S/C15H19ClFNO/c16-12-4-1-3-11(13(12)17)14(18)10-5-8-19-15(9-10)6-2-7-15/h1,3-4,10,14H,2,5-9,18H2. The molecule has 0 bridgehead atoms. The lowest BCUT2D eigenvalue weighted by molar-refractivity contribution is -0.146. The van der Waals surface area contributed by atoms with Crippen molar-refractivity contribution in [3.8, 4) is 0 Å². The molecule has 2 nitrogen and oxygen atoms in total. The average molecular weight is 284 g/mol. The van der Waals surface area contributed by atoms with Crippen molar-refractivity contribution in [1.82, 2.24) is 0 Å². The minimum atomic E-state index is -0.370. The van der Waals surface area contributed by atoms with Crippen LogP contribution in [0.3, 0.4) is 0 Å². The molecule has 0 aromatic heterocycles. The van der Waals surface area contributed by atoms with Crippen molar-refractivity contribution in [3.63, 3.8) is 0 Å². The summed E-state index contributed by atoms with van der Waals surface area (Å²) in [4.78, 5) is 0. The van der Waals surface area contributed by atoms with Crippen LogP contribution in [0.1, 0.15) is 43.7 Å². The number of rotatable bonds is 2. The lowest BCUT2D eigenvalue weighted by Crippen LogP contribution is -2.47. The lowest BCUT2D eigenvalue weighted by Gasteiger charge is -2.48. The fourth-order valence-electron chi connectivity index (χ4n) is 3.32. The molecule has 1 aliphatic heterocycles. The molecule has 0 radical (unpaired) electrons. The fourth-order valence-corrected chi connectivity index (χ4v) is 3.51. The second kappa shape index (κ2) is 5.04. The summed E-state index contributed by atoms with van der Waals surface area (Å²) >= 11 is 5.84. The molecule has 4 heteroatoms. The van der Waals surface area contributed by atoms with Crippen molar-refractivity contribution in [1.29, 1.82) is 0 Å². The monoisotopic (exact) mass is 283 g/mol. The van der Waals surface area contributed by atoms with Crippen molar-refractivity contribution in [2.45, 2.75) is 43.7 Å². The van der Waals surface area contributed by atoms with E-state index in [1.54, 1.807) is 18.2 Å². The molecular weight excluding hydrogens is 265 g/mol. The minimum Gasteiger partial charge on any atom is -0.375 e. The first-order valence-electron chi connectivity index (χ1n) is 6.95. The van der Waals surface area contributed by atoms with Crippen LogP contribution in [0.25, 0.3) is 0 Å². The Morgan fingerprint density at radius 1 is 1.42 bits per heavy atom. The topological polar surface area (TPSA) is 35.2 Å². The molecular formula is C15H19ClFNO. The Labute approximate surface area is 118 Å². The second-order valence-corrected chi connectivity index (χ2v) is 6.21. The Hall–Kier alpha value is -0.640. The molecule has 0 amide bonds. The molecule has 1 spiro atoms. The normalized spacial score (nSPS) is 27.0. The summed E-state index contributed by atoms with van der Waals surface area (Å²) in [6.45, 7) is 0.737. The first-order valence-corrected chi connectivity index (χ1v) is 7.33. The van der Waals surface area contributed by atoms with Crippen molar-refractivity contribution >= 4 is 11.6 Å². The highest BCUT2D eigenvalue weighted by molar-refractivity contribution is 6.30. The SMILES string of the molecule is NC(c1cccc(Cl)c1F)C1CCOC2(CCC2)C1. The van der Waals surface area contributed by atoms with Gasteiger partial charge in [-0.1, -0.05) is 23.7 Å². The van der Waals surface area contributed by atoms with Gasteiger partial charge in [-0.3, -0.25) is 0 Å². The highest BCUT2D eigenvalue weighted by Gasteiger charge is 2.44. The van der Waals surface area contributed by atoms with Gasteiger partial charge in [-0.2, -0.15) is 0 Å². The van der Waals surface area contributed by atoms with Crippen molar-refractivity contribution in [2.75, 3.05) is 6.61 Å². The van der Waals surface area contributed by atoms with E-state index in [0.717, 1.165) is 32.3 Å². The van der Waals surface area contributed by atoms with Crippen LogP contribution in [0.4, 0.5) is 4.39 Å². The molecule has 2 aliphatic rings. The van der Waals surface area contributed by atoms with Crippen molar-refractivity contribution in [2.24, 2.45) is 11.7 Å². The summed E-state index contributed by atoms with van der Waals surface area (Å²) in [7, 11) is 0. The van der Waals surface area contributed by atoms with E-state index in [0.29, 0.717) is 5.56 Å². The molecule has 1 aromatic carbocycles. The van der Waals surface area contributed by atoms with Gasteiger partial charge in [-0.15, -0.1) is 0 Å². The van der Waals surface area contributed by atoms with E-state index in [9.17, 15) is 4.39 Å². The van der Waals surface area contributed by atoms with Crippen molar-refractivity contribution < 1.29 is 9.13 Å². The van der Waals surface area contributed by atoms with Crippen LogP contribution in [0.5, 0.6) is 0 Å². The number of ether oxygens (including phenoxy) is 1. The Morgan fingerprint density at radius 2 is 2.21 bits per heavy atom. The number of nitrogens with two attached hydrogens (primary N) is 1. The summed E-state index contributed by atoms with van der Waals surface area (Å²) in [5.41, 5.74) is 6.86. The van der Waals surface area contributed by atoms with Gasteiger partial charge in [0.1, 0.15) is 5.82 Å². The molecule has 3 rings (SSSR count). The Balaban J connectivity index is 1.79. The molecule has 2 N–H and O–H groups in total. The predicted molar refractivity (Wildman–Crippen MR) is 73.6 cm³/mol. The van der Waals surface area contributed by atoms with Crippen LogP contribution in [-0.2, 0) is 4.74 Å². The number of benzene rings is 1. The first kappa shape index (κ1) is 13.3. The third-order valence-corrected chi connectivity index (χ3v) is 4.94. The molecule has 19 heavy (non-hydrogen) atoms. The van der Waals surface area contributed by atoms with Gasteiger partial charge in [-0.25, -0.2) is 4.39 Å². The van der Waals surface area contributed by atoms with Gasteiger partial charge in [0.2, 0.25) is 0 Å². The van der Waals surface area contributed by atoms with Gasteiger partial charge in [0, 0.05) is 18.2 Å². The zero-order valence-corrected chi connectivity index (χ0v) is 11.6. The van der Waals surface area contributed by atoms with E-state index in [2.05, 4.69) is 0 Å². The molecule has 2 atom stereocenters. The van der Waals surface area contributed by atoms with Gasteiger partial charge < -0.3 is 10.5 Å². The third-order valence-electron chi connectivity index (χ3n) is 4.64. The summed E-state index contributed by atoms with van der Waals surface area (Å²) in [6, 6.07) is 4.78. The largest absolute Gasteiger partial charge is 0.375 e. The molecule has 1 aromatic rings. The summed E-state index contributed by atoms with van der Waals surface area (Å²) in [5.74, 6) is -0.0900. The maximum atomic E-state index is 14.1. The molecule has 2 unspecified atom stereocenters. The number of hydrogen-bond acceptors (Lipinski definition) is 2. The van der Waals surface area contributed by atoms with E-state index >= 15 is 0 Å². The second-order valence-electron chi connectivity index (χ2n) is 5.81. The highest BCUT2D eigenvalue weighted by Crippen LogP contribution is 2.47. The quantitative estimate of drug-likeness (QED) is 0.895. The Morgan fingerprint density at radius 3 is 2.89 bits per heavy atom. The Bertz CT molecular complexity index is 475. The van der Waals surface area contributed by atoms with E-state index < -0.39 is 0 Å². The zero-order chi connectivity index (χ0) is 13.5. The third kappa shape index (κ3) is 2.39.